The summed E-state index contributed by atoms with van der Waals surface area (Å²) < 4.78 is 5.63. The SMILES string of the molecule is CC(C)Oc1ccc(C(Cl)CN2CCCC2)cc1. The molecular formula is C15H22ClNO. The van der Waals surface area contributed by atoms with E-state index in [2.05, 4.69) is 17.0 Å². The van der Waals surface area contributed by atoms with Crippen LogP contribution in [0.25, 0.3) is 0 Å². The predicted octanol–water partition coefficient (Wildman–Crippen LogP) is 3.85. The zero-order chi connectivity index (χ0) is 13.0. The molecule has 2 rings (SSSR count). The van der Waals surface area contributed by atoms with Crippen molar-refractivity contribution < 1.29 is 4.74 Å². The average molecular weight is 268 g/mol. The Morgan fingerprint density at radius 3 is 2.33 bits per heavy atom. The third-order valence-corrected chi connectivity index (χ3v) is 3.62. The molecule has 0 N–H and O–H groups in total. The summed E-state index contributed by atoms with van der Waals surface area (Å²) in [7, 11) is 0. The number of hydrogen-bond donors (Lipinski definition) is 0. The maximum absolute atomic E-state index is 6.46. The summed E-state index contributed by atoms with van der Waals surface area (Å²) >= 11 is 6.46. The number of halogens is 1. The molecule has 0 aromatic heterocycles. The Kier molecular flexibility index (Phi) is 4.90. The van der Waals surface area contributed by atoms with E-state index in [1.807, 2.05) is 26.0 Å². The monoisotopic (exact) mass is 267 g/mol. The highest BCUT2D eigenvalue weighted by atomic mass is 35.5. The minimum absolute atomic E-state index is 0.0798. The summed E-state index contributed by atoms with van der Waals surface area (Å²) in [6.07, 6.45) is 2.84. The standard InChI is InChI=1S/C15H22ClNO/c1-12(2)18-14-7-5-13(6-8-14)15(16)11-17-9-3-4-10-17/h5-8,12,15H,3-4,9-11H2,1-2H3. The Morgan fingerprint density at radius 1 is 1.17 bits per heavy atom. The fourth-order valence-corrected chi connectivity index (χ4v) is 2.67. The van der Waals surface area contributed by atoms with Crippen LogP contribution in [0.15, 0.2) is 24.3 Å². The first-order valence-electron chi connectivity index (χ1n) is 6.78. The van der Waals surface area contributed by atoms with Crippen molar-refractivity contribution in [3.8, 4) is 5.75 Å². The third kappa shape index (κ3) is 3.89. The minimum Gasteiger partial charge on any atom is -0.491 e. The molecule has 2 nitrogen and oxygen atoms in total. The lowest BCUT2D eigenvalue weighted by Crippen LogP contribution is -2.23. The van der Waals surface area contributed by atoms with Crippen LogP contribution in [-0.4, -0.2) is 30.6 Å². The van der Waals surface area contributed by atoms with Gasteiger partial charge in [-0.25, -0.2) is 0 Å². The lowest BCUT2D eigenvalue weighted by molar-refractivity contribution is 0.242. The number of likely N-dealkylation sites (tertiary alicyclic amines) is 1. The number of rotatable bonds is 5. The number of nitrogens with zero attached hydrogens (tertiary/aromatic N) is 1. The van der Waals surface area contributed by atoms with Crippen molar-refractivity contribution in [2.24, 2.45) is 0 Å². The molecule has 0 radical (unpaired) electrons. The first-order chi connectivity index (χ1) is 8.65. The van der Waals surface area contributed by atoms with Gasteiger partial charge >= 0.3 is 0 Å². The zero-order valence-electron chi connectivity index (χ0n) is 11.2. The summed E-state index contributed by atoms with van der Waals surface area (Å²) in [6.45, 7) is 7.40. The van der Waals surface area contributed by atoms with Crippen LogP contribution in [-0.2, 0) is 0 Å². The minimum atomic E-state index is 0.0798. The molecular weight excluding hydrogens is 246 g/mol. The zero-order valence-corrected chi connectivity index (χ0v) is 12.0. The largest absolute Gasteiger partial charge is 0.491 e. The van der Waals surface area contributed by atoms with E-state index in [-0.39, 0.29) is 11.5 Å². The van der Waals surface area contributed by atoms with E-state index in [1.54, 1.807) is 0 Å². The molecule has 1 atom stereocenters. The van der Waals surface area contributed by atoms with Crippen molar-refractivity contribution in [3.05, 3.63) is 29.8 Å². The Balaban J connectivity index is 1.91. The average Bonchev–Trinajstić information content (AvgIpc) is 2.82. The summed E-state index contributed by atoms with van der Waals surface area (Å²) in [5.74, 6) is 0.916. The van der Waals surface area contributed by atoms with Gasteiger partial charge in [-0.1, -0.05) is 12.1 Å². The van der Waals surface area contributed by atoms with Gasteiger partial charge < -0.3 is 9.64 Å². The quantitative estimate of drug-likeness (QED) is 0.752. The molecule has 0 amide bonds. The van der Waals surface area contributed by atoms with Crippen LogP contribution in [0.4, 0.5) is 0 Å². The maximum atomic E-state index is 6.46. The molecule has 1 aliphatic heterocycles. The van der Waals surface area contributed by atoms with Gasteiger partial charge in [0.1, 0.15) is 5.75 Å². The van der Waals surface area contributed by atoms with E-state index in [4.69, 9.17) is 16.3 Å². The summed E-state index contributed by atoms with van der Waals surface area (Å²) in [4.78, 5) is 2.44. The normalized spacial score (nSPS) is 18.2. The van der Waals surface area contributed by atoms with E-state index in [0.717, 1.165) is 12.3 Å². The maximum Gasteiger partial charge on any atom is 0.119 e. The predicted molar refractivity (Wildman–Crippen MR) is 76.5 cm³/mol. The molecule has 1 unspecified atom stereocenters. The molecule has 1 fully saturated rings. The van der Waals surface area contributed by atoms with E-state index < -0.39 is 0 Å². The topological polar surface area (TPSA) is 12.5 Å². The van der Waals surface area contributed by atoms with Crippen LogP contribution in [0.1, 0.15) is 37.6 Å². The van der Waals surface area contributed by atoms with Crippen molar-refractivity contribution in [2.75, 3.05) is 19.6 Å². The van der Waals surface area contributed by atoms with Crippen molar-refractivity contribution >= 4 is 11.6 Å². The van der Waals surface area contributed by atoms with Gasteiger partial charge in [0.05, 0.1) is 11.5 Å². The molecule has 100 valence electrons. The number of ether oxygens (including phenoxy) is 1. The van der Waals surface area contributed by atoms with Gasteiger partial charge in [-0.05, 0) is 57.5 Å². The van der Waals surface area contributed by atoms with E-state index in [1.165, 1.54) is 31.5 Å². The van der Waals surface area contributed by atoms with Crippen LogP contribution in [0.2, 0.25) is 0 Å². The molecule has 1 aromatic rings. The van der Waals surface area contributed by atoms with Crippen molar-refractivity contribution in [1.82, 2.24) is 4.90 Å². The lowest BCUT2D eigenvalue weighted by Gasteiger charge is -2.19. The second kappa shape index (κ2) is 6.44. The molecule has 1 heterocycles. The van der Waals surface area contributed by atoms with Crippen LogP contribution in [0.5, 0.6) is 5.75 Å². The molecule has 18 heavy (non-hydrogen) atoms. The Hall–Kier alpha value is -0.730. The van der Waals surface area contributed by atoms with Crippen LogP contribution < -0.4 is 4.74 Å². The highest BCUT2D eigenvalue weighted by Crippen LogP contribution is 2.25. The number of benzene rings is 1. The van der Waals surface area contributed by atoms with Gasteiger partial charge in [-0.3, -0.25) is 0 Å². The first-order valence-corrected chi connectivity index (χ1v) is 7.22. The van der Waals surface area contributed by atoms with Crippen LogP contribution in [0, 0.1) is 0 Å². The highest BCUT2D eigenvalue weighted by Gasteiger charge is 2.17. The van der Waals surface area contributed by atoms with Crippen LogP contribution >= 0.6 is 11.6 Å². The second-order valence-corrected chi connectivity index (χ2v) is 5.74. The van der Waals surface area contributed by atoms with Crippen molar-refractivity contribution in [3.63, 3.8) is 0 Å². The van der Waals surface area contributed by atoms with Crippen molar-refractivity contribution in [2.45, 2.75) is 38.2 Å². The van der Waals surface area contributed by atoms with Crippen molar-refractivity contribution in [1.29, 1.82) is 0 Å². The molecule has 0 bridgehead atoms. The summed E-state index contributed by atoms with van der Waals surface area (Å²) in [6, 6.07) is 8.17. The molecule has 0 spiro atoms. The van der Waals surface area contributed by atoms with Gasteiger partial charge in [0, 0.05) is 6.54 Å². The fraction of sp³-hybridized carbons (Fsp3) is 0.600. The van der Waals surface area contributed by atoms with Gasteiger partial charge in [0.25, 0.3) is 0 Å². The van der Waals surface area contributed by atoms with E-state index >= 15 is 0 Å². The molecule has 0 aliphatic carbocycles. The second-order valence-electron chi connectivity index (χ2n) is 5.21. The van der Waals surface area contributed by atoms with Crippen LogP contribution in [0.3, 0.4) is 0 Å². The Labute approximate surface area is 115 Å². The molecule has 1 aliphatic rings. The van der Waals surface area contributed by atoms with Gasteiger partial charge in [-0.15, -0.1) is 11.6 Å². The molecule has 1 aromatic carbocycles. The molecule has 3 heteroatoms. The highest BCUT2D eigenvalue weighted by molar-refractivity contribution is 6.21. The van der Waals surface area contributed by atoms with Gasteiger partial charge in [-0.2, -0.15) is 0 Å². The summed E-state index contributed by atoms with van der Waals surface area (Å²) in [5.41, 5.74) is 1.18. The van der Waals surface area contributed by atoms with Gasteiger partial charge in [0.2, 0.25) is 0 Å². The van der Waals surface area contributed by atoms with E-state index in [0.29, 0.717) is 0 Å². The Bertz CT molecular complexity index is 357. The lowest BCUT2D eigenvalue weighted by atomic mass is 10.1. The summed E-state index contributed by atoms with van der Waals surface area (Å²) in [5, 5.41) is 0.0798. The fourth-order valence-electron chi connectivity index (χ4n) is 2.32. The third-order valence-electron chi connectivity index (χ3n) is 3.23. The van der Waals surface area contributed by atoms with E-state index in [9.17, 15) is 0 Å². The molecule has 0 saturated carbocycles. The first kappa shape index (κ1) is 13.7. The Morgan fingerprint density at radius 2 is 1.78 bits per heavy atom. The molecule has 1 saturated heterocycles. The van der Waals surface area contributed by atoms with Gasteiger partial charge in [0.15, 0.2) is 0 Å². The smallest absolute Gasteiger partial charge is 0.119 e. The number of hydrogen-bond acceptors (Lipinski definition) is 2. The number of alkyl halides is 1.